The van der Waals surface area contributed by atoms with Crippen molar-refractivity contribution in [2.75, 3.05) is 5.32 Å². The van der Waals surface area contributed by atoms with Crippen molar-refractivity contribution in [1.29, 1.82) is 0 Å². The molecule has 0 bridgehead atoms. The van der Waals surface area contributed by atoms with Crippen molar-refractivity contribution in [2.45, 2.75) is 38.3 Å². The monoisotopic (exact) mass is 242 g/mol. The van der Waals surface area contributed by atoms with Gasteiger partial charge in [0.1, 0.15) is 12.7 Å². The predicted molar refractivity (Wildman–Crippen MR) is 71.4 cm³/mol. The van der Waals surface area contributed by atoms with Crippen LogP contribution in [0.25, 0.3) is 0 Å². The first kappa shape index (κ1) is 11.3. The Morgan fingerprint density at radius 3 is 2.94 bits per heavy atom. The van der Waals surface area contributed by atoms with Crippen LogP contribution in [0.5, 0.6) is 0 Å². The van der Waals surface area contributed by atoms with Crippen molar-refractivity contribution in [1.82, 2.24) is 14.8 Å². The molecule has 1 saturated carbocycles. The minimum atomic E-state index is 0.659. The van der Waals surface area contributed by atoms with Gasteiger partial charge in [-0.1, -0.05) is 25.0 Å². The highest BCUT2D eigenvalue weighted by molar-refractivity contribution is 5.46. The van der Waals surface area contributed by atoms with Crippen LogP contribution in [0.15, 0.2) is 36.9 Å². The van der Waals surface area contributed by atoms with Gasteiger partial charge in [-0.05, 0) is 30.5 Å². The number of hydrogen-bond donors (Lipinski definition) is 1. The smallest absolute Gasteiger partial charge is 0.137 e. The largest absolute Gasteiger partial charge is 0.382 e. The Kier molecular flexibility index (Phi) is 3.26. The molecule has 0 radical (unpaired) electrons. The summed E-state index contributed by atoms with van der Waals surface area (Å²) in [5.41, 5.74) is 2.48. The van der Waals surface area contributed by atoms with Gasteiger partial charge in [-0.2, -0.15) is 5.10 Å². The number of nitrogens with zero attached hydrogens (tertiary/aromatic N) is 3. The van der Waals surface area contributed by atoms with Crippen LogP contribution >= 0.6 is 0 Å². The molecule has 0 atom stereocenters. The summed E-state index contributed by atoms with van der Waals surface area (Å²) in [5, 5.41) is 7.75. The summed E-state index contributed by atoms with van der Waals surface area (Å²) in [7, 11) is 0. The molecule has 1 aromatic heterocycles. The lowest BCUT2D eigenvalue weighted by Gasteiger charge is -2.14. The molecule has 18 heavy (non-hydrogen) atoms. The number of benzene rings is 1. The molecule has 1 aliphatic rings. The van der Waals surface area contributed by atoms with E-state index in [4.69, 9.17) is 0 Å². The highest BCUT2D eigenvalue weighted by Crippen LogP contribution is 2.22. The SMILES string of the molecule is c1cc(Cn2cncn2)cc(NC2CCCC2)c1. The van der Waals surface area contributed by atoms with E-state index in [9.17, 15) is 0 Å². The van der Waals surface area contributed by atoms with Gasteiger partial charge in [0.15, 0.2) is 0 Å². The Morgan fingerprint density at radius 2 is 2.17 bits per heavy atom. The Labute approximate surface area is 107 Å². The topological polar surface area (TPSA) is 42.7 Å². The summed E-state index contributed by atoms with van der Waals surface area (Å²) in [6, 6.07) is 9.24. The Morgan fingerprint density at radius 1 is 1.28 bits per heavy atom. The molecule has 0 saturated heterocycles. The zero-order chi connectivity index (χ0) is 12.2. The number of aromatic nitrogens is 3. The van der Waals surface area contributed by atoms with E-state index < -0.39 is 0 Å². The first-order chi connectivity index (χ1) is 8.90. The second-order valence-electron chi connectivity index (χ2n) is 4.92. The number of rotatable bonds is 4. The molecule has 3 rings (SSSR count). The molecule has 1 aliphatic carbocycles. The molecular formula is C14H18N4. The second-order valence-corrected chi connectivity index (χ2v) is 4.92. The molecule has 0 unspecified atom stereocenters. The van der Waals surface area contributed by atoms with Crippen LogP contribution in [-0.2, 0) is 6.54 Å². The molecule has 94 valence electrons. The molecule has 1 aromatic carbocycles. The van der Waals surface area contributed by atoms with Crippen molar-refractivity contribution in [3.8, 4) is 0 Å². The third-order valence-electron chi connectivity index (χ3n) is 3.46. The lowest BCUT2D eigenvalue weighted by Crippen LogP contribution is -2.14. The molecule has 1 fully saturated rings. The van der Waals surface area contributed by atoms with Crippen molar-refractivity contribution in [3.63, 3.8) is 0 Å². The van der Waals surface area contributed by atoms with Crippen molar-refractivity contribution in [2.24, 2.45) is 0 Å². The molecule has 4 heteroatoms. The van der Waals surface area contributed by atoms with Crippen LogP contribution in [0.4, 0.5) is 5.69 Å². The lowest BCUT2D eigenvalue weighted by atomic mass is 10.1. The van der Waals surface area contributed by atoms with Crippen LogP contribution < -0.4 is 5.32 Å². The van der Waals surface area contributed by atoms with Crippen molar-refractivity contribution >= 4 is 5.69 Å². The fourth-order valence-electron chi connectivity index (χ4n) is 2.57. The number of anilines is 1. The minimum Gasteiger partial charge on any atom is -0.382 e. The van der Waals surface area contributed by atoms with E-state index >= 15 is 0 Å². The molecule has 4 nitrogen and oxygen atoms in total. The molecule has 0 aliphatic heterocycles. The van der Waals surface area contributed by atoms with Crippen molar-refractivity contribution in [3.05, 3.63) is 42.5 Å². The highest BCUT2D eigenvalue weighted by Gasteiger charge is 2.14. The summed E-state index contributed by atoms with van der Waals surface area (Å²) in [4.78, 5) is 3.96. The minimum absolute atomic E-state index is 0.659. The van der Waals surface area contributed by atoms with E-state index in [2.05, 4.69) is 39.7 Å². The van der Waals surface area contributed by atoms with Crippen LogP contribution in [0.2, 0.25) is 0 Å². The van der Waals surface area contributed by atoms with Crippen LogP contribution in [0.1, 0.15) is 31.2 Å². The summed E-state index contributed by atoms with van der Waals surface area (Å²) >= 11 is 0. The van der Waals surface area contributed by atoms with Gasteiger partial charge in [0.2, 0.25) is 0 Å². The number of nitrogens with one attached hydrogen (secondary N) is 1. The maximum atomic E-state index is 4.13. The summed E-state index contributed by atoms with van der Waals surface area (Å²) in [6.07, 6.45) is 8.63. The van der Waals surface area contributed by atoms with Gasteiger partial charge in [-0.3, -0.25) is 0 Å². The molecule has 0 spiro atoms. The lowest BCUT2D eigenvalue weighted by molar-refractivity contribution is 0.684. The Bertz CT molecular complexity index is 486. The first-order valence-corrected chi connectivity index (χ1v) is 6.58. The van der Waals surface area contributed by atoms with E-state index in [1.165, 1.54) is 36.9 Å². The molecule has 0 amide bonds. The van der Waals surface area contributed by atoms with Gasteiger partial charge in [0.25, 0.3) is 0 Å². The molecule has 1 heterocycles. The average molecular weight is 242 g/mol. The van der Waals surface area contributed by atoms with Crippen LogP contribution in [-0.4, -0.2) is 20.8 Å². The fraction of sp³-hybridized carbons (Fsp3) is 0.429. The second kappa shape index (κ2) is 5.21. The van der Waals surface area contributed by atoms with E-state index in [1.807, 2.05) is 4.68 Å². The van der Waals surface area contributed by atoms with Crippen molar-refractivity contribution < 1.29 is 0 Å². The maximum Gasteiger partial charge on any atom is 0.137 e. The van der Waals surface area contributed by atoms with Gasteiger partial charge in [0, 0.05) is 11.7 Å². The molecule has 1 N–H and O–H groups in total. The normalized spacial score (nSPS) is 16.0. The Balaban J connectivity index is 1.68. The third-order valence-corrected chi connectivity index (χ3v) is 3.46. The third kappa shape index (κ3) is 2.70. The van der Waals surface area contributed by atoms with E-state index in [-0.39, 0.29) is 0 Å². The van der Waals surface area contributed by atoms with E-state index in [1.54, 1.807) is 12.7 Å². The standard InChI is InChI=1S/C14H18N4/c1-2-6-13(5-1)17-14-7-3-4-12(8-14)9-18-11-15-10-16-18/h3-4,7-8,10-11,13,17H,1-2,5-6,9H2. The van der Waals surface area contributed by atoms with Gasteiger partial charge < -0.3 is 5.32 Å². The van der Waals surface area contributed by atoms with Gasteiger partial charge in [0.05, 0.1) is 6.54 Å². The molecular weight excluding hydrogens is 224 g/mol. The summed E-state index contributed by atoms with van der Waals surface area (Å²) in [6.45, 7) is 0.778. The summed E-state index contributed by atoms with van der Waals surface area (Å²) < 4.78 is 1.84. The Hall–Kier alpha value is -1.84. The average Bonchev–Trinajstić information content (AvgIpc) is 3.03. The number of hydrogen-bond acceptors (Lipinski definition) is 3. The maximum absolute atomic E-state index is 4.13. The zero-order valence-electron chi connectivity index (χ0n) is 10.4. The quantitative estimate of drug-likeness (QED) is 0.896. The van der Waals surface area contributed by atoms with Gasteiger partial charge in [-0.25, -0.2) is 9.67 Å². The highest BCUT2D eigenvalue weighted by atomic mass is 15.3. The van der Waals surface area contributed by atoms with Crippen LogP contribution in [0, 0.1) is 0 Å². The zero-order valence-corrected chi connectivity index (χ0v) is 10.4. The van der Waals surface area contributed by atoms with Crippen LogP contribution in [0.3, 0.4) is 0 Å². The predicted octanol–water partition coefficient (Wildman–Crippen LogP) is 2.68. The fourth-order valence-corrected chi connectivity index (χ4v) is 2.57. The molecule has 2 aromatic rings. The van der Waals surface area contributed by atoms with E-state index in [0.717, 1.165) is 6.54 Å². The summed E-state index contributed by atoms with van der Waals surface area (Å²) in [5.74, 6) is 0. The van der Waals surface area contributed by atoms with Gasteiger partial charge >= 0.3 is 0 Å². The first-order valence-electron chi connectivity index (χ1n) is 6.58. The van der Waals surface area contributed by atoms with Gasteiger partial charge in [-0.15, -0.1) is 0 Å². The van der Waals surface area contributed by atoms with E-state index in [0.29, 0.717) is 6.04 Å².